The van der Waals surface area contributed by atoms with Crippen molar-refractivity contribution in [2.24, 2.45) is 0 Å². The van der Waals surface area contributed by atoms with Crippen molar-refractivity contribution in [2.45, 2.75) is 19.8 Å². The highest BCUT2D eigenvalue weighted by Gasteiger charge is 2.43. The third kappa shape index (κ3) is 2.35. The van der Waals surface area contributed by atoms with Crippen LogP contribution in [0.1, 0.15) is 18.1 Å². The topological polar surface area (TPSA) is 26.3 Å². The smallest absolute Gasteiger partial charge is 0.381 e. The van der Waals surface area contributed by atoms with E-state index in [9.17, 15) is 18.0 Å². The Bertz CT molecular complexity index is 402. The van der Waals surface area contributed by atoms with Crippen LogP contribution in [0.4, 0.5) is 13.2 Å². The molecule has 0 radical (unpaired) electrons. The summed E-state index contributed by atoms with van der Waals surface area (Å²) in [6, 6.07) is 2.72. The minimum absolute atomic E-state index is 0.0121. The maximum Gasteiger partial charge on any atom is 0.381 e. The van der Waals surface area contributed by atoms with Crippen LogP contribution in [0.2, 0.25) is 0 Å². The maximum atomic E-state index is 13.5. The zero-order chi connectivity index (χ0) is 12.3. The van der Waals surface area contributed by atoms with E-state index in [-0.39, 0.29) is 12.2 Å². The molecular weight excluding hydrogens is 221 g/mol. The monoisotopic (exact) mass is 232 g/mol. The molecule has 0 spiro atoms. The van der Waals surface area contributed by atoms with E-state index >= 15 is 0 Å². The molecule has 88 valence electrons. The summed E-state index contributed by atoms with van der Waals surface area (Å²) >= 11 is 0. The second kappa shape index (κ2) is 4.55. The van der Waals surface area contributed by atoms with Gasteiger partial charge in [-0.25, -0.2) is 9.18 Å². The summed E-state index contributed by atoms with van der Waals surface area (Å²) in [6.45, 7) is 2.62. The van der Waals surface area contributed by atoms with Crippen molar-refractivity contribution >= 4 is 5.97 Å². The normalized spacial score (nSPS) is 11.3. The highest BCUT2D eigenvalue weighted by Crippen LogP contribution is 2.32. The molecule has 0 saturated carbocycles. The molecule has 0 bridgehead atoms. The fraction of sp³-hybridized carbons (Fsp3) is 0.364. The molecule has 2 nitrogen and oxygen atoms in total. The van der Waals surface area contributed by atoms with Gasteiger partial charge in [-0.1, -0.05) is 0 Å². The second-order valence-corrected chi connectivity index (χ2v) is 3.25. The van der Waals surface area contributed by atoms with Gasteiger partial charge in [0.1, 0.15) is 5.82 Å². The molecule has 0 aliphatic rings. The molecule has 0 heterocycles. The Balaban J connectivity index is 3.11. The molecule has 1 aromatic carbocycles. The van der Waals surface area contributed by atoms with E-state index in [4.69, 9.17) is 0 Å². The van der Waals surface area contributed by atoms with Crippen LogP contribution in [0.25, 0.3) is 0 Å². The van der Waals surface area contributed by atoms with Crippen LogP contribution in [-0.2, 0) is 15.5 Å². The van der Waals surface area contributed by atoms with Gasteiger partial charge in [0.25, 0.3) is 0 Å². The predicted molar refractivity (Wildman–Crippen MR) is 51.7 cm³/mol. The first-order valence-electron chi connectivity index (χ1n) is 4.71. The number of benzene rings is 1. The largest absolute Gasteiger partial charge is 0.461 e. The summed E-state index contributed by atoms with van der Waals surface area (Å²) in [5.41, 5.74) is -0.523. The molecule has 0 fully saturated rings. The van der Waals surface area contributed by atoms with Gasteiger partial charge in [-0.2, -0.15) is 8.78 Å². The predicted octanol–water partition coefficient (Wildman–Crippen LogP) is 2.79. The Labute approximate surface area is 91.0 Å². The van der Waals surface area contributed by atoms with Crippen molar-refractivity contribution in [3.63, 3.8) is 0 Å². The molecule has 16 heavy (non-hydrogen) atoms. The molecule has 0 N–H and O–H groups in total. The number of aryl methyl sites for hydroxylation is 1. The van der Waals surface area contributed by atoms with Crippen molar-refractivity contribution in [2.75, 3.05) is 6.61 Å². The standard InChI is InChI=1S/C11H11F3O2/c1-3-16-10(15)11(13,14)9-5-4-8(12)6-7(9)2/h4-6H,3H2,1-2H3. The zero-order valence-electron chi connectivity index (χ0n) is 8.89. The Hall–Kier alpha value is -1.52. The van der Waals surface area contributed by atoms with Crippen molar-refractivity contribution in [3.05, 3.63) is 35.1 Å². The van der Waals surface area contributed by atoms with Crippen molar-refractivity contribution in [1.29, 1.82) is 0 Å². The van der Waals surface area contributed by atoms with Crippen molar-refractivity contribution < 1.29 is 22.7 Å². The van der Waals surface area contributed by atoms with E-state index in [0.29, 0.717) is 0 Å². The number of hydrogen-bond donors (Lipinski definition) is 0. The Morgan fingerprint density at radius 1 is 1.44 bits per heavy atom. The fourth-order valence-corrected chi connectivity index (χ4v) is 1.31. The molecule has 0 aliphatic heterocycles. The lowest BCUT2D eigenvalue weighted by atomic mass is 10.0. The number of alkyl halides is 2. The van der Waals surface area contributed by atoms with E-state index in [2.05, 4.69) is 4.74 Å². The fourth-order valence-electron chi connectivity index (χ4n) is 1.31. The van der Waals surface area contributed by atoms with Gasteiger partial charge in [0, 0.05) is 5.56 Å². The zero-order valence-corrected chi connectivity index (χ0v) is 8.89. The van der Waals surface area contributed by atoms with Crippen LogP contribution in [0.15, 0.2) is 18.2 Å². The number of rotatable bonds is 3. The van der Waals surface area contributed by atoms with Crippen LogP contribution in [0.5, 0.6) is 0 Å². The SMILES string of the molecule is CCOC(=O)C(F)(F)c1ccc(F)cc1C. The van der Waals surface area contributed by atoms with Gasteiger partial charge in [0.15, 0.2) is 0 Å². The van der Waals surface area contributed by atoms with Crippen LogP contribution < -0.4 is 0 Å². The Morgan fingerprint density at radius 2 is 2.06 bits per heavy atom. The third-order valence-electron chi connectivity index (χ3n) is 2.06. The molecule has 0 unspecified atom stereocenters. The molecule has 0 atom stereocenters. The number of esters is 1. The summed E-state index contributed by atoms with van der Waals surface area (Å²) in [7, 11) is 0. The first-order chi connectivity index (χ1) is 7.39. The summed E-state index contributed by atoms with van der Waals surface area (Å²) in [6.07, 6.45) is 0. The van der Waals surface area contributed by atoms with Gasteiger partial charge in [-0.15, -0.1) is 0 Å². The maximum absolute atomic E-state index is 13.5. The van der Waals surface area contributed by atoms with Gasteiger partial charge in [0.2, 0.25) is 0 Å². The summed E-state index contributed by atoms with van der Waals surface area (Å²) in [5, 5.41) is 0. The van der Waals surface area contributed by atoms with Gasteiger partial charge in [0.05, 0.1) is 6.61 Å². The quantitative estimate of drug-likeness (QED) is 0.749. The molecule has 0 aromatic heterocycles. The van der Waals surface area contributed by atoms with Gasteiger partial charge < -0.3 is 4.74 Å². The number of carbonyl (C=O) groups excluding carboxylic acids is 1. The first kappa shape index (κ1) is 12.5. The molecule has 5 heteroatoms. The number of ether oxygens (including phenoxy) is 1. The average molecular weight is 232 g/mol. The van der Waals surface area contributed by atoms with Gasteiger partial charge >= 0.3 is 11.9 Å². The van der Waals surface area contributed by atoms with E-state index in [0.717, 1.165) is 18.2 Å². The first-order valence-corrected chi connectivity index (χ1v) is 4.71. The minimum Gasteiger partial charge on any atom is -0.461 e. The van der Waals surface area contributed by atoms with E-state index in [1.54, 1.807) is 0 Å². The highest BCUT2D eigenvalue weighted by atomic mass is 19.3. The summed E-state index contributed by atoms with van der Waals surface area (Å²) < 4.78 is 44.1. The third-order valence-corrected chi connectivity index (χ3v) is 2.06. The number of hydrogen-bond acceptors (Lipinski definition) is 2. The lowest BCUT2D eigenvalue weighted by Gasteiger charge is -2.16. The highest BCUT2D eigenvalue weighted by molar-refractivity contribution is 5.79. The Morgan fingerprint density at radius 3 is 2.56 bits per heavy atom. The number of carbonyl (C=O) groups is 1. The number of halogens is 3. The second-order valence-electron chi connectivity index (χ2n) is 3.25. The summed E-state index contributed by atoms with van der Waals surface area (Å²) in [4.78, 5) is 11.0. The van der Waals surface area contributed by atoms with Crippen LogP contribution >= 0.6 is 0 Å². The lowest BCUT2D eigenvalue weighted by Crippen LogP contribution is -2.29. The van der Waals surface area contributed by atoms with E-state index in [1.165, 1.54) is 13.8 Å². The molecular formula is C11H11F3O2. The summed E-state index contributed by atoms with van der Waals surface area (Å²) in [5.74, 6) is -5.99. The van der Waals surface area contributed by atoms with Crippen LogP contribution in [0.3, 0.4) is 0 Å². The molecule has 0 saturated heterocycles. The van der Waals surface area contributed by atoms with Crippen molar-refractivity contribution in [1.82, 2.24) is 0 Å². The van der Waals surface area contributed by atoms with Crippen molar-refractivity contribution in [3.8, 4) is 0 Å². The average Bonchev–Trinajstić information content (AvgIpc) is 2.17. The molecule has 1 aromatic rings. The lowest BCUT2D eigenvalue weighted by molar-refractivity contribution is -0.173. The molecule has 0 aliphatic carbocycles. The van der Waals surface area contributed by atoms with E-state index in [1.807, 2.05) is 0 Å². The minimum atomic E-state index is -3.74. The molecule has 0 amide bonds. The van der Waals surface area contributed by atoms with E-state index < -0.39 is 23.3 Å². The van der Waals surface area contributed by atoms with Gasteiger partial charge in [-0.3, -0.25) is 0 Å². The van der Waals surface area contributed by atoms with Crippen LogP contribution in [0, 0.1) is 12.7 Å². The van der Waals surface area contributed by atoms with Gasteiger partial charge in [-0.05, 0) is 37.6 Å². The Kier molecular flexibility index (Phi) is 3.57. The van der Waals surface area contributed by atoms with Crippen LogP contribution in [-0.4, -0.2) is 12.6 Å². The molecule has 1 rings (SSSR count).